The van der Waals surface area contributed by atoms with Gasteiger partial charge < -0.3 is 10.2 Å². The Morgan fingerprint density at radius 3 is 2.28 bits per heavy atom. The maximum atomic E-state index is 3.53. The Labute approximate surface area is 115 Å². The first kappa shape index (κ1) is 16.0. The molecule has 0 bridgehead atoms. The molecule has 1 N–H and O–H groups in total. The van der Waals surface area contributed by atoms with Crippen molar-refractivity contribution in [1.82, 2.24) is 10.2 Å². The quantitative estimate of drug-likeness (QED) is 0.632. The topological polar surface area (TPSA) is 15.3 Å². The van der Waals surface area contributed by atoms with Gasteiger partial charge in [-0.15, -0.1) is 0 Å². The maximum absolute atomic E-state index is 3.53. The van der Waals surface area contributed by atoms with Crippen molar-refractivity contribution < 1.29 is 0 Å². The fraction of sp³-hybridized carbons (Fsp3) is 1.00. The molecular formula is C16H34N2. The molecule has 2 heteroatoms. The molecule has 0 amide bonds. The van der Waals surface area contributed by atoms with Crippen molar-refractivity contribution >= 4 is 0 Å². The molecule has 1 aliphatic rings. The normalized spacial score (nSPS) is 17.5. The highest BCUT2D eigenvalue weighted by atomic mass is 15.2. The summed E-state index contributed by atoms with van der Waals surface area (Å²) in [5.41, 5.74) is 0. The fourth-order valence-corrected chi connectivity index (χ4v) is 2.84. The molecule has 1 rings (SSSR count). The summed E-state index contributed by atoms with van der Waals surface area (Å²) in [7, 11) is 0. The second-order valence-electron chi connectivity index (χ2n) is 6.62. The van der Waals surface area contributed by atoms with Gasteiger partial charge in [0.1, 0.15) is 0 Å². The first-order valence-corrected chi connectivity index (χ1v) is 8.07. The summed E-state index contributed by atoms with van der Waals surface area (Å²) in [6.07, 6.45) is 8.44. The van der Waals surface area contributed by atoms with Crippen LogP contribution in [0.1, 0.15) is 66.2 Å². The molecule has 0 aliphatic heterocycles. The van der Waals surface area contributed by atoms with E-state index in [2.05, 4.69) is 37.9 Å². The lowest BCUT2D eigenvalue weighted by atomic mass is 10.1. The minimum Gasteiger partial charge on any atom is -0.314 e. The van der Waals surface area contributed by atoms with Crippen LogP contribution in [0.4, 0.5) is 0 Å². The molecular weight excluding hydrogens is 220 g/mol. The van der Waals surface area contributed by atoms with E-state index in [1.54, 1.807) is 0 Å². The van der Waals surface area contributed by atoms with Crippen molar-refractivity contribution in [1.29, 1.82) is 0 Å². The van der Waals surface area contributed by atoms with Crippen LogP contribution in [0.25, 0.3) is 0 Å². The van der Waals surface area contributed by atoms with Crippen molar-refractivity contribution in [3.8, 4) is 0 Å². The zero-order valence-corrected chi connectivity index (χ0v) is 13.0. The lowest BCUT2D eigenvalue weighted by Crippen LogP contribution is -2.37. The monoisotopic (exact) mass is 254 g/mol. The van der Waals surface area contributed by atoms with Crippen LogP contribution in [-0.2, 0) is 0 Å². The second-order valence-corrected chi connectivity index (χ2v) is 6.62. The molecule has 0 spiro atoms. The Morgan fingerprint density at radius 1 is 1.06 bits per heavy atom. The van der Waals surface area contributed by atoms with E-state index in [0.29, 0.717) is 6.04 Å². The van der Waals surface area contributed by atoms with Gasteiger partial charge in [-0.05, 0) is 51.2 Å². The van der Waals surface area contributed by atoms with Crippen LogP contribution >= 0.6 is 0 Å². The summed E-state index contributed by atoms with van der Waals surface area (Å²) in [6.45, 7) is 12.9. The number of hydrogen-bond acceptors (Lipinski definition) is 2. The molecule has 0 aromatic rings. The first-order valence-electron chi connectivity index (χ1n) is 8.07. The fourth-order valence-electron chi connectivity index (χ4n) is 2.84. The molecule has 0 unspecified atom stereocenters. The van der Waals surface area contributed by atoms with Crippen LogP contribution < -0.4 is 5.32 Å². The van der Waals surface area contributed by atoms with Gasteiger partial charge in [0.15, 0.2) is 0 Å². The Kier molecular flexibility index (Phi) is 7.92. The van der Waals surface area contributed by atoms with Gasteiger partial charge in [0.05, 0.1) is 0 Å². The van der Waals surface area contributed by atoms with Crippen LogP contribution in [0.2, 0.25) is 0 Å². The standard InChI is InChI=1S/C16H34N2/c1-14(2)10-13-18(16-8-5-6-9-16)12-7-11-17-15(3)4/h14-17H,5-13H2,1-4H3. The second kappa shape index (κ2) is 8.92. The van der Waals surface area contributed by atoms with Crippen molar-refractivity contribution in [2.24, 2.45) is 5.92 Å². The molecule has 0 radical (unpaired) electrons. The Hall–Kier alpha value is -0.0800. The van der Waals surface area contributed by atoms with Crippen LogP contribution in [0.15, 0.2) is 0 Å². The largest absolute Gasteiger partial charge is 0.314 e. The predicted molar refractivity (Wildman–Crippen MR) is 81.0 cm³/mol. The Bertz CT molecular complexity index is 195. The lowest BCUT2D eigenvalue weighted by Gasteiger charge is -2.29. The van der Waals surface area contributed by atoms with Crippen LogP contribution in [0.5, 0.6) is 0 Å². The third-order valence-corrected chi connectivity index (χ3v) is 4.01. The van der Waals surface area contributed by atoms with Gasteiger partial charge in [0, 0.05) is 12.1 Å². The molecule has 2 nitrogen and oxygen atoms in total. The van der Waals surface area contributed by atoms with Crippen molar-refractivity contribution in [3.63, 3.8) is 0 Å². The summed E-state index contributed by atoms with van der Waals surface area (Å²) < 4.78 is 0. The van der Waals surface area contributed by atoms with Crippen molar-refractivity contribution in [2.75, 3.05) is 19.6 Å². The van der Waals surface area contributed by atoms with E-state index in [4.69, 9.17) is 0 Å². The SMILES string of the molecule is CC(C)CCN(CCCNC(C)C)C1CCCC1. The van der Waals surface area contributed by atoms with Gasteiger partial charge in [-0.25, -0.2) is 0 Å². The van der Waals surface area contributed by atoms with Gasteiger partial charge in [0.2, 0.25) is 0 Å². The Balaban J connectivity index is 2.25. The summed E-state index contributed by atoms with van der Waals surface area (Å²) in [5.74, 6) is 0.836. The summed E-state index contributed by atoms with van der Waals surface area (Å²) in [5, 5.41) is 3.53. The first-order chi connectivity index (χ1) is 8.59. The van der Waals surface area contributed by atoms with E-state index in [1.165, 1.54) is 58.2 Å². The maximum Gasteiger partial charge on any atom is 0.00952 e. The molecule has 0 aromatic carbocycles. The number of rotatable bonds is 9. The summed E-state index contributed by atoms with van der Waals surface area (Å²) in [4.78, 5) is 2.77. The molecule has 0 aromatic heterocycles. The zero-order chi connectivity index (χ0) is 13.4. The summed E-state index contributed by atoms with van der Waals surface area (Å²) in [6, 6.07) is 1.52. The smallest absolute Gasteiger partial charge is 0.00952 e. The number of nitrogens with zero attached hydrogens (tertiary/aromatic N) is 1. The molecule has 1 saturated carbocycles. The lowest BCUT2D eigenvalue weighted by molar-refractivity contribution is 0.185. The third-order valence-electron chi connectivity index (χ3n) is 4.01. The van der Waals surface area contributed by atoms with E-state index in [0.717, 1.165) is 12.0 Å². The van der Waals surface area contributed by atoms with E-state index < -0.39 is 0 Å². The van der Waals surface area contributed by atoms with Crippen LogP contribution in [-0.4, -0.2) is 36.6 Å². The van der Waals surface area contributed by atoms with Gasteiger partial charge in [-0.3, -0.25) is 0 Å². The molecule has 0 heterocycles. The van der Waals surface area contributed by atoms with Gasteiger partial charge >= 0.3 is 0 Å². The minimum absolute atomic E-state index is 0.626. The highest BCUT2D eigenvalue weighted by molar-refractivity contribution is 4.78. The molecule has 0 atom stereocenters. The third kappa shape index (κ3) is 6.75. The molecule has 0 saturated heterocycles. The van der Waals surface area contributed by atoms with Gasteiger partial charge in [0.25, 0.3) is 0 Å². The van der Waals surface area contributed by atoms with Crippen molar-refractivity contribution in [3.05, 3.63) is 0 Å². The van der Waals surface area contributed by atoms with E-state index in [-0.39, 0.29) is 0 Å². The molecule has 1 aliphatic carbocycles. The highest BCUT2D eigenvalue weighted by Crippen LogP contribution is 2.24. The van der Waals surface area contributed by atoms with E-state index in [1.807, 2.05) is 0 Å². The Morgan fingerprint density at radius 2 is 1.72 bits per heavy atom. The zero-order valence-electron chi connectivity index (χ0n) is 13.0. The number of nitrogens with one attached hydrogen (secondary N) is 1. The molecule has 18 heavy (non-hydrogen) atoms. The predicted octanol–water partition coefficient (Wildman–Crippen LogP) is 3.67. The van der Waals surface area contributed by atoms with E-state index in [9.17, 15) is 0 Å². The summed E-state index contributed by atoms with van der Waals surface area (Å²) >= 11 is 0. The van der Waals surface area contributed by atoms with Crippen LogP contribution in [0, 0.1) is 5.92 Å². The number of hydrogen-bond donors (Lipinski definition) is 1. The average molecular weight is 254 g/mol. The van der Waals surface area contributed by atoms with Gasteiger partial charge in [-0.1, -0.05) is 40.5 Å². The van der Waals surface area contributed by atoms with Gasteiger partial charge in [-0.2, -0.15) is 0 Å². The average Bonchev–Trinajstić information content (AvgIpc) is 2.80. The highest BCUT2D eigenvalue weighted by Gasteiger charge is 2.21. The van der Waals surface area contributed by atoms with E-state index >= 15 is 0 Å². The van der Waals surface area contributed by atoms with Crippen LogP contribution in [0.3, 0.4) is 0 Å². The molecule has 1 fully saturated rings. The minimum atomic E-state index is 0.626. The van der Waals surface area contributed by atoms with Crippen molar-refractivity contribution in [2.45, 2.75) is 78.3 Å². The molecule has 108 valence electrons.